The summed E-state index contributed by atoms with van der Waals surface area (Å²) in [5.74, 6) is 0.470. The highest BCUT2D eigenvalue weighted by Crippen LogP contribution is 2.22. The minimum absolute atomic E-state index is 0.0325. The third-order valence-electron chi connectivity index (χ3n) is 4.17. The molecule has 1 saturated heterocycles. The number of amides is 1. The van der Waals surface area contributed by atoms with E-state index in [0.717, 1.165) is 25.1 Å². The van der Waals surface area contributed by atoms with Crippen LogP contribution in [0.4, 0.5) is 0 Å². The Labute approximate surface area is 131 Å². The molecule has 5 heteroatoms. The van der Waals surface area contributed by atoms with Gasteiger partial charge in [-0.1, -0.05) is 36.7 Å². The zero-order chi connectivity index (χ0) is 15.4. The summed E-state index contributed by atoms with van der Waals surface area (Å²) >= 11 is 6.15. The lowest BCUT2D eigenvalue weighted by Gasteiger charge is -2.34. The number of nitrogens with zero attached hydrogens (tertiary/aromatic N) is 1. The molecule has 0 radical (unpaired) electrons. The zero-order valence-corrected chi connectivity index (χ0v) is 13.4. The first-order chi connectivity index (χ1) is 9.97. The number of nitrogens with one attached hydrogen (secondary N) is 1. The molecule has 1 heterocycles. The number of piperidine rings is 1. The van der Waals surface area contributed by atoms with Gasteiger partial charge in [0.15, 0.2) is 0 Å². The second-order valence-electron chi connectivity index (χ2n) is 5.98. The highest BCUT2D eigenvalue weighted by molar-refractivity contribution is 6.31. The van der Waals surface area contributed by atoms with Crippen LogP contribution in [-0.4, -0.2) is 36.5 Å². The Morgan fingerprint density at radius 3 is 2.90 bits per heavy atom. The molecule has 1 aliphatic heterocycles. The van der Waals surface area contributed by atoms with Crippen LogP contribution in [0.15, 0.2) is 24.3 Å². The van der Waals surface area contributed by atoms with Crippen LogP contribution in [0.1, 0.15) is 31.9 Å². The molecule has 1 aliphatic rings. The molecule has 3 unspecified atom stereocenters. The molecule has 3 atom stereocenters. The molecule has 1 aromatic carbocycles. The predicted octanol–water partition coefficient (Wildman–Crippen LogP) is 2.19. The summed E-state index contributed by atoms with van der Waals surface area (Å²) in [5, 5.41) is 3.70. The number of nitrogens with two attached hydrogens (primary N) is 1. The SMILES string of the molecule is CC(NC(=O)CN1CCC(N)C(C)C1)c1ccccc1Cl. The van der Waals surface area contributed by atoms with Gasteiger partial charge in [0.25, 0.3) is 0 Å². The van der Waals surface area contributed by atoms with E-state index >= 15 is 0 Å². The topological polar surface area (TPSA) is 58.4 Å². The molecule has 116 valence electrons. The molecule has 0 bridgehead atoms. The van der Waals surface area contributed by atoms with E-state index in [0.29, 0.717) is 17.5 Å². The van der Waals surface area contributed by atoms with Gasteiger partial charge in [-0.3, -0.25) is 9.69 Å². The van der Waals surface area contributed by atoms with Crippen molar-refractivity contribution in [2.45, 2.75) is 32.4 Å². The first-order valence-electron chi connectivity index (χ1n) is 7.49. The number of hydrogen-bond acceptors (Lipinski definition) is 3. The zero-order valence-electron chi connectivity index (χ0n) is 12.7. The second-order valence-corrected chi connectivity index (χ2v) is 6.38. The Kier molecular flexibility index (Phi) is 5.62. The molecule has 0 saturated carbocycles. The van der Waals surface area contributed by atoms with Crippen LogP contribution in [0.3, 0.4) is 0 Å². The van der Waals surface area contributed by atoms with E-state index in [1.54, 1.807) is 0 Å². The van der Waals surface area contributed by atoms with E-state index in [2.05, 4.69) is 17.1 Å². The van der Waals surface area contributed by atoms with Crippen molar-refractivity contribution in [2.24, 2.45) is 11.7 Å². The van der Waals surface area contributed by atoms with Gasteiger partial charge in [-0.05, 0) is 30.9 Å². The van der Waals surface area contributed by atoms with E-state index in [-0.39, 0.29) is 18.0 Å². The van der Waals surface area contributed by atoms with E-state index < -0.39 is 0 Å². The Morgan fingerprint density at radius 2 is 2.24 bits per heavy atom. The maximum Gasteiger partial charge on any atom is 0.234 e. The summed E-state index contributed by atoms with van der Waals surface area (Å²) in [6.45, 7) is 6.29. The summed E-state index contributed by atoms with van der Waals surface area (Å²) in [5.41, 5.74) is 6.95. The van der Waals surface area contributed by atoms with E-state index in [1.165, 1.54) is 0 Å². The maximum absolute atomic E-state index is 12.2. The molecule has 4 nitrogen and oxygen atoms in total. The van der Waals surface area contributed by atoms with Gasteiger partial charge in [0, 0.05) is 24.2 Å². The van der Waals surface area contributed by atoms with Gasteiger partial charge in [0.1, 0.15) is 0 Å². The quantitative estimate of drug-likeness (QED) is 0.896. The first-order valence-corrected chi connectivity index (χ1v) is 7.87. The minimum atomic E-state index is -0.0873. The molecule has 0 aromatic heterocycles. The molecular weight excluding hydrogens is 286 g/mol. The summed E-state index contributed by atoms with van der Waals surface area (Å²) in [4.78, 5) is 14.3. The van der Waals surface area contributed by atoms with Gasteiger partial charge in [-0.15, -0.1) is 0 Å². The van der Waals surface area contributed by atoms with Crippen molar-refractivity contribution in [2.75, 3.05) is 19.6 Å². The van der Waals surface area contributed by atoms with Crippen LogP contribution < -0.4 is 11.1 Å². The van der Waals surface area contributed by atoms with Crippen molar-refractivity contribution >= 4 is 17.5 Å². The average molecular weight is 310 g/mol. The number of benzene rings is 1. The van der Waals surface area contributed by atoms with Gasteiger partial charge < -0.3 is 11.1 Å². The lowest BCUT2D eigenvalue weighted by atomic mass is 9.95. The van der Waals surface area contributed by atoms with E-state index in [4.69, 9.17) is 17.3 Å². The molecule has 1 aromatic rings. The normalized spacial score (nSPS) is 24.6. The number of halogens is 1. The van der Waals surface area contributed by atoms with Crippen LogP contribution >= 0.6 is 11.6 Å². The highest BCUT2D eigenvalue weighted by Gasteiger charge is 2.24. The molecule has 1 amide bonds. The molecule has 1 fully saturated rings. The number of rotatable bonds is 4. The van der Waals surface area contributed by atoms with Crippen LogP contribution in [-0.2, 0) is 4.79 Å². The maximum atomic E-state index is 12.2. The molecule has 2 rings (SSSR count). The van der Waals surface area contributed by atoms with Crippen molar-refractivity contribution in [3.05, 3.63) is 34.9 Å². The fraction of sp³-hybridized carbons (Fsp3) is 0.562. The van der Waals surface area contributed by atoms with Gasteiger partial charge in [-0.2, -0.15) is 0 Å². The number of carbonyl (C=O) groups excluding carboxylic acids is 1. The third-order valence-corrected chi connectivity index (χ3v) is 4.52. The standard InChI is InChI=1S/C16H24ClN3O/c1-11-9-20(8-7-15(11)18)10-16(21)19-12(2)13-5-3-4-6-14(13)17/h3-6,11-12,15H,7-10,18H2,1-2H3,(H,19,21). The van der Waals surface area contributed by atoms with Crippen molar-refractivity contribution in [1.82, 2.24) is 10.2 Å². The Bertz CT molecular complexity index is 494. The van der Waals surface area contributed by atoms with Crippen LogP contribution in [0, 0.1) is 5.92 Å². The van der Waals surface area contributed by atoms with Gasteiger partial charge in [-0.25, -0.2) is 0 Å². The molecule has 3 N–H and O–H groups in total. The van der Waals surface area contributed by atoms with Crippen molar-refractivity contribution < 1.29 is 4.79 Å². The summed E-state index contributed by atoms with van der Waals surface area (Å²) in [7, 11) is 0. The lowest BCUT2D eigenvalue weighted by molar-refractivity contribution is -0.123. The Morgan fingerprint density at radius 1 is 1.52 bits per heavy atom. The van der Waals surface area contributed by atoms with E-state index in [9.17, 15) is 4.79 Å². The smallest absolute Gasteiger partial charge is 0.234 e. The predicted molar refractivity (Wildman–Crippen MR) is 86.2 cm³/mol. The second kappa shape index (κ2) is 7.25. The van der Waals surface area contributed by atoms with Crippen LogP contribution in [0.5, 0.6) is 0 Å². The molecular formula is C16H24ClN3O. The highest BCUT2D eigenvalue weighted by atomic mass is 35.5. The average Bonchev–Trinajstić information content (AvgIpc) is 2.43. The Hall–Kier alpha value is -1.10. The van der Waals surface area contributed by atoms with Crippen LogP contribution in [0.2, 0.25) is 5.02 Å². The minimum Gasteiger partial charge on any atom is -0.348 e. The third kappa shape index (κ3) is 4.43. The summed E-state index contributed by atoms with van der Waals surface area (Å²) in [6, 6.07) is 7.76. The fourth-order valence-electron chi connectivity index (χ4n) is 2.79. The van der Waals surface area contributed by atoms with Crippen molar-refractivity contribution in [3.63, 3.8) is 0 Å². The largest absolute Gasteiger partial charge is 0.348 e. The van der Waals surface area contributed by atoms with Crippen molar-refractivity contribution in [1.29, 1.82) is 0 Å². The number of likely N-dealkylation sites (tertiary alicyclic amines) is 1. The Balaban J connectivity index is 1.86. The molecule has 0 spiro atoms. The monoisotopic (exact) mass is 309 g/mol. The fourth-order valence-corrected chi connectivity index (χ4v) is 3.09. The van der Waals surface area contributed by atoms with Gasteiger partial charge >= 0.3 is 0 Å². The molecule has 0 aliphatic carbocycles. The van der Waals surface area contributed by atoms with Crippen molar-refractivity contribution in [3.8, 4) is 0 Å². The number of hydrogen-bond donors (Lipinski definition) is 2. The number of carbonyl (C=O) groups is 1. The van der Waals surface area contributed by atoms with Gasteiger partial charge in [0.05, 0.1) is 12.6 Å². The summed E-state index contributed by atoms with van der Waals surface area (Å²) in [6.07, 6.45) is 0.953. The van der Waals surface area contributed by atoms with Crippen LogP contribution in [0.25, 0.3) is 0 Å². The summed E-state index contributed by atoms with van der Waals surface area (Å²) < 4.78 is 0. The van der Waals surface area contributed by atoms with Gasteiger partial charge in [0.2, 0.25) is 5.91 Å². The molecule has 21 heavy (non-hydrogen) atoms. The lowest BCUT2D eigenvalue weighted by Crippen LogP contribution is -2.49. The van der Waals surface area contributed by atoms with E-state index in [1.807, 2.05) is 31.2 Å². The first kappa shape index (κ1) is 16.3.